The molecule has 1 aliphatic heterocycles. The van der Waals surface area contributed by atoms with Gasteiger partial charge in [-0.2, -0.15) is 0 Å². The summed E-state index contributed by atoms with van der Waals surface area (Å²) in [6.45, 7) is 14.3. The third kappa shape index (κ3) is 2.51. The molecule has 1 heterocycles. The van der Waals surface area contributed by atoms with Gasteiger partial charge in [-0.15, -0.1) is 0 Å². The van der Waals surface area contributed by atoms with Crippen LogP contribution >= 0.6 is 0 Å². The summed E-state index contributed by atoms with van der Waals surface area (Å²) in [5, 5.41) is 0. The number of rotatable bonds is 6. The molecule has 0 bridgehead atoms. The monoisotopic (exact) mass is 362 g/mol. The van der Waals surface area contributed by atoms with E-state index in [1.807, 2.05) is 0 Å². The van der Waals surface area contributed by atoms with E-state index in [1.165, 1.54) is 45.4 Å². The molecule has 1 rings (SSSR count). The maximum atomic E-state index is 7.07. The first-order valence-corrected chi connectivity index (χ1v) is 15.4. The SMILES string of the molecule is CCC1(CC)C[CH2][Sn]([CH2]C)([CH2]C)[O]C1(CC)CC. The van der Waals surface area contributed by atoms with E-state index in [4.69, 9.17) is 3.07 Å². The minimum absolute atomic E-state index is 0.205. The van der Waals surface area contributed by atoms with Crippen LogP contribution in [0.2, 0.25) is 13.3 Å². The summed E-state index contributed by atoms with van der Waals surface area (Å²) in [4.78, 5) is 0. The Balaban J connectivity index is 3.14. The Morgan fingerprint density at radius 1 is 0.833 bits per heavy atom. The van der Waals surface area contributed by atoms with Gasteiger partial charge in [-0.05, 0) is 0 Å². The van der Waals surface area contributed by atoms with Crippen molar-refractivity contribution in [2.75, 3.05) is 0 Å². The zero-order valence-corrected chi connectivity index (χ0v) is 16.4. The molecule has 1 fully saturated rings. The molecule has 0 N–H and O–H groups in total. The van der Waals surface area contributed by atoms with Crippen molar-refractivity contribution < 1.29 is 3.07 Å². The van der Waals surface area contributed by atoms with E-state index >= 15 is 0 Å². The fraction of sp³-hybridized carbons (Fsp3) is 1.00. The summed E-state index contributed by atoms with van der Waals surface area (Å²) in [6.07, 6.45) is 6.45. The Bertz CT molecular complexity index is 250. The predicted octanol–water partition coefficient (Wildman–Crippen LogP) is 5.76. The van der Waals surface area contributed by atoms with Gasteiger partial charge in [0.1, 0.15) is 0 Å². The van der Waals surface area contributed by atoms with Crippen molar-refractivity contribution in [3.63, 3.8) is 0 Å². The first-order valence-electron chi connectivity index (χ1n) is 8.23. The average molecular weight is 361 g/mol. The van der Waals surface area contributed by atoms with Crippen LogP contribution < -0.4 is 0 Å². The normalized spacial score (nSPS) is 25.0. The van der Waals surface area contributed by atoms with Crippen LogP contribution in [-0.2, 0) is 3.07 Å². The van der Waals surface area contributed by atoms with Gasteiger partial charge in [0.25, 0.3) is 0 Å². The molecule has 1 saturated heterocycles. The molecular weight excluding hydrogens is 327 g/mol. The van der Waals surface area contributed by atoms with E-state index in [9.17, 15) is 0 Å². The second kappa shape index (κ2) is 6.47. The van der Waals surface area contributed by atoms with E-state index in [2.05, 4.69) is 41.5 Å². The third-order valence-electron chi connectivity index (χ3n) is 6.22. The molecule has 0 amide bonds. The van der Waals surface area contributed by atoms with Crippen LogP contribution in [0.25, 0.3) is 0 Å². The molecule has 1 aliphatic rings. The zero-order valence-electron chi connectivity index (χ0n) is 13.6. The average Bonchev–Trinajstić information content (AvgIpc) is 2.46. The molecule has 0 aromatic rings. The predicted molar refractivity (Wildman–Crippen MR) is 83.6 cm³/mol. The number of hydrogen-bond donors (Lipinski definition) is 0. The van der Waals surface area contributed by atoms with Crippen molar-refractivity contribution in [3.05, 3.63) is 0 Å². The maximum absolute atomic E-state index is 7.07. The first kappa shape index (κ1) is 16.8. The van der Waals surface area contributed by atoms with E-state index < -0.39 is 18.8 Å². The summed E-state index contributed by atoms with van der Waals surface area (Å²) in [6, 6.07) is 0. The molecule has 0 saturated carbocycles. The van der Waals surface area contributed by atoms with E-state index in [1.54, 1.807) is 0 Å². The van der Waals surface area contributed by atoms with Gasteiger partial charge in [-0.3, -0.25) is 0 Å². The molecule has 0 atom stereocenters. The van der Waals surface area contributed by atoms with Gasteiger partial charge < -0.3 is 0 Å². The first-order chi connectivity index (χ1) is 8.53. The van der Waals surface area contributed by atoms with Crippen molar-refractivity contribution in [2.24, 2.45) is 5.41 Å². The van der Waals surface area contributed by atoms with Crippen LogP contribution in [0.1, 0.15) is 73.6 Å². The Hall–Kier alpha value is 0.759. The zero-order chi connectivity index (χ0) is 13.9. The van der Waals surface area contributed by atoms with Crippen LogP contribution in [0.15, 0.2) is 0 Å². The number of hydrogen-bond acceptors (Lipinski definition) is 1. The Morgan fingerprint density at radius 3 is 1.67 bits per heavy atom. The molecule has 0 unspecified atom stereocenters. The van der Waals surface area contributed by atoms with Crippen molar-refractivity contribution in [1.82, 2.24) is 0 Å². The Labute approximate surface area is 119 Å². The summed E-state index contributed by atoms with van der Waals surface area (Å²) in [7, 11) is 0. The van der Waals surface area contributed by atoms with Gasteiger partial charge in [0.15, 0.2) is 0 Å². The Morgan fingerprint density at radius 2 is 1.33 bits per heavy atom. The van der Waals surface area contributed by atoms with Crippen LogP contribution in [0, 0.1) is 5.41 Å². The fourth-order valence-corrected chi connectivity index (χ4v) is 15.4. The van der Waals surface area contributed by atoms with Crippen LogP contribution in [0.4, 0.5) is 0 Å². The molecule has 1 nitrogen and oxygen atoms in total. The Kier molecular flexibility index (Phi) is 6.05. The van der Waals surface area contributed by atoms with Crippen molar-refractivity contribution in [3.8, 4) is 0 Å². The van der Waals surface area contributed by atoms with Gasteiger partial charge in [0, 0.05) is 0 Å². The molecular formula is C16H34OSn. The fourth-order valence-electron chi connectivity index (χ4n) is 4.41. The summed E-state index contributed by atoms with van der Waals surface area (Å²) >= 11 is -2.24. The van der Waals surface area contributed by atoms with E-state index in [0.717, 1.165) is 0 Å². The molecule has 0 aromatic carbocycles. The van der Waals surface area contributed by atoms with Crippen LogP contribution in [-0.4, -0.2) is 24.4 Å². The molecule has 108 valence electrons. The quantitative estimate of drug-likeness (QED) is 0.547. The molecule has 2 heteroatoms. The molecule has 0 spiro atoms. The van der Waals surface area contributed by atoms with E-state index in [0.29, 0.717) is 5.41 Å². The molecule has 18 heavy (non-hydrogen) atoms. The van der Waals surface area contributed by atoms with Crippen molar-refractivity contribution in [2.45, 2.75) is 92.6 Å². The molecule has 0 radical (unpaired) electrons. The third-order valence-corrected chi connectivity index (χ3v) is 19.2. The second-order valence-electron chi connectivity index (χ2n) is 6.18. The summed E-state index contributed by atoms with van der Waals surface area (Å²) < 4.78 is 11.3. The van der Waals surface area contributed by atoms with Gasteiger partial charge in [-0.25, -0.2) is 0 Å². The van der Waals surface area contributed by atoms with Gasteiger partial charge in [0.2, 0.25) is 0 Å². The molecule has 0 aliphatic carbocycles. The van der Waals surface area contributed by atoms with Crippen LogP contribution in [0.3, 0.4) is 0 Å². The van der Waals surface area contributed by atoms with Crippen molar-refractivity contribution >= 4 is 18.8 Å². The van der Waals surface area contributed by atoms with Gasteiger partial charge in [0.05, 0.1) is 0 Å². The topological polar surface area (TPSA) is 9.23 Å². The standard InChI is InChI=1S/C12H24O.2C2H5.Sn/c1-6-11(7-2,8-3)12(13,9-4)10-5;2*1-2;/h1,6-10H2,2-5H3;2*1H2,2H3;/q-1;;;+1. The minimum atomic E-state index is -2.24. The van der Waals surface area contributed by atoms with Crippen LogP contribution in [0.5, 0.6) is 0 Å². The van der Waals surface area contributed by atoms with Crippen molar-refractivity contribution in [1.29, 1.82) is 0 Å². The molecule has 0 aromatic heterocycles. The van der Waals surface area contributed by atoms with Gasteiger partial charge in [-0.1, -0.05) is 0 Å². The summed E-state index contributed by atoms with van der Waals surface area (Å²) in [5.74, 6) is 0. The van der Waals surface area contributed by atoms with Gasteiger partial charge >= 0.3 is 120 Å². The second-order valence-corrected chi connectivity index (χ2v) is 19.0. The summed E-state index contributed by atoms with van der Waals surface area (Å²) in [5.41, 5.74) is 0.665. The van der Waals surface area contributed by atoms with E-state index in [-0.39, 0.29) is 5.60 Å².